The monoisotopic (exact) mass is 339 g/mol. The van der Waals surface area contributed by atoms with E-state index in [9.17, 15) is 4.79 Å². The molecule has 122 valence electrons. The lowest BCUT2D eigenvalue weighted by molar-refractivity contribution is -0.125. The van der Waals surface area contributed by atoms with E-state index in [0.29, 0.717) is 5.13 Å². The number of aromatic nitrogens is 2. The number of anilines is 1. The number of thiazole rings is 1. The number of aryl methyl sites for hydroxylation is 1. The number of para-hydroxylation sites is 1. The summed E-state index contributed by atoms with van der Waals surface area (Å²) in [6.07, 6.45) is 5.04. The van der Waals surface area contributed by atoms with Gasteiger partial charge in [-0.3, -0.25) is 9.78 Å². The third kappa shape index (κ3) is 2.97. The van der Waals surface area contributed by atoms with Gasteiger partial charge in [-0.2, -0.15) is 0 Å². The average molecular weight is 339 g/mol. The van der Waals surface area contributed by atoms with Crippen LogP contribution in [0.5, 0.6) is 5.75 Å². The van der Waals surface area contributed by atoms with Gasteiger partial charge in [-0.25, -0.2) is 4.98 Å². The van der Waals surface area contributed by atoms with Crippen molar-refractivity contribution in [3.8, 4) is 5.75 Å². The third-order valence-electron chi connectivity index (χ3n) is 4.21. The lowest BCUT2D eigenvalue weighted by atomic mass is 9.81. The zero-order valence-electron chi connectivity index (χ0n) is 13.2. The number of pyridine rings is 1. The lowest BCUT2D eigenvalue weighted by Gasteiger charge is -2.34. The van der Waals surface area contributed by atoms with Crippen molar-refractivity contribution in [2.24, 2.45) is 5.92 Å². The van der Waals surface area contributed by atoms with E-state index < -0.39 is 0 Å². The summed E-state index contributed by atoms with van der Waals surface area (Å²) >= 11 is 1.49. The van der Waals surface area contributed by atoms with Gasteiger partial charge in [-0.05, 0) is 31.9 Å². The smallest absolute Gasteiger partial charge is 0.229 e. The van der Waals surface area contributed by atoms with Crippen molar-refractivity contribution in [3.05, 3.63) is 47.6 Å². The van der Waals surface area contributed by atoms with Crippen LogP contribution in [0.4, 0.5) is 5.13 Å². The van der Waals surface area contributed by atoms with Crippen LogP contribution in [-0.2, 0) is 4.79 Å². The molecule has 0 aliphatic heterocycles. The molecular weight excluding hydrogens is 322 g/mol. The van der Waals surface area contributed by atoms with Crippen LogP contribution in [-0.4, -0.2) is 22.0 Å². The summed E-state index contributed by atoms with van der Waals surface area (Å²) < 4.78 is 6.04. The molecule has 4 rings (SSSR count). The summed E-state index contributed by atoms with van der Waals surface area (Å²) in [6, 6.07) is 9.84. The topological polar surface area (TPSA) is 64.1 Å². The van der Waals surface area contributed by atoms with Gasteiger partial charge in [0.05, 0.1) is 0 Å². The minimum atomic E-state index is -0.0119. The maximum Gasteiger partial charge on any atom is 0.229 e. The molecule has 0 unspecified atom stereocenters. The van der Waals surface area contributed by atoms with Crippen LogP contribution in [0.1, 0.15) is 17.7 Å². The van der Waals surface area contributed by atoms with Crippen LogP contribution in [0.25, 0.3) is 10.9 Å². The zero-order valence-corrected chi connectivity index (χ0v) is 14.0. The van der Waals surface area contributed by atoms with Gasteiger partial charge in [0, 0.05) is 28.6 Å². The van der Waals surface area contributed by atoms with Crippen molar-refractivity contribution in [1.29, 1.82) is 0 Å². The molecule has 24 heavy (non-hydrogen) atoms. The highest BCUT2D eigenvalue weighted by molar-refractivity contribution is 7.15. The maximum absolute atomic E-state index is 12.2. The number of carbonyl (C=O) groups excluding carboxylic acids is 1. The third-order valence-corrected chi connectivity index (χ3v) is 5.03. The van der Waals surface area contributed by atoms with E-state index in [1.165, 1.54) is 11.3 Å². The molecule has 0 saturated heterocycles. The molecule has 1 N–H and O–H groups in total. The van der Waals surface area contributed by atoms with E-state index >= 15 is 0 Å². The number of fused-ring (bicyclic) bond motifs is 1. The molecule has 1 amide bonds. The van der Waals surface area contributed by atoms with Crippen LogP contribution in [0, 0.1) is 12.8 Å². The first-order valence-electron chi connectivity index (χ1n) is 7.93. The van der Waals surface area contributed by atoms with Crippen molar-refractivity contribution in [2.75, 3.05) is 5.32 Å². The van der Waals surface area contributed by atoms with Gasteiger partial charge >= 0.3 is 0 Å². The van der Waals surface area contributed by atoms with Crippen molar-refractivity contribution < 1.29 is 9.53 Å². The Morgan fingerprint density at radius 3 is 2.88 bits per heavy atom. The number of benzene rings is 1. The molecule has 1 aliphatic carbocycles. The van der Waals surface area contributed by atoms with Crippen LogP contribution >= 0.6 is 11.3 Å². The predicted octanol–water partition coefficient (Wildman–Crippen LogP) is 3.80. The molecule has 1 aliphatic rings. The van der Waals surface area contributed by atoms with E-state index in [1.54, 1.807) is 12.4 Å². The van der Waals surface area contributed by atoms with Crippen molar-refractivity contribution >= 4 is 33.3 Å². The normalized spacial score (nSPS) is 19.7. The van der Waals surface area contributed by atoms with Crippen molar-refractivity contribution in [1.82, 2.24) is 9.97 Å². The molecule has 0 atom stereocenters. The number of carbonyl (C=O) groups is 1. The molecule has 2 aromatic heterocycles. The van der Waals surface area contributed by atoms with E-state index in [0.717, 1.165) is 34.4 Å². The Hall–Kier alpha value is -2.47. The number of ether oxygens (including phenoxy) is 1. The van der Waals surface area contributed by atoms with Crippen molar-refractivity contribution in [3.63, 3.8) is 0 Å². The maximum atomic E-state index is 12.2. The standard InChI is InChI=1S/C18H17N3O2S/c1-11-10-20-18(24-11)21-17(22)13-8-14(9-13)23-15-6-2-4-12-5-3-7-19-16(12)15/h2-7,10,13-14H,8-9H2,1H3,(H,20,21,22). The number of nitrogens with zero attached hydrogens (tertiary/aromatic N) is 2. The van der Waals surface area contributed by atoms with Crippen LogP contribution in [0.3, 0.4) is 0 Å². The number of rotatable bonds is 4. The van der Waals surface area contributed by atoms with E-state index in [4.69, 9.17) is 4.74 Å². The molecule has 6 heteroatoms. The highest BCUT2D eigenvalue weighted by Crippen LogP contribution is 2.34. The van der Waals surface area contributed by atoms with Gasteiger partial charge in [0.2, 0.25) is 5.91 Å². The van der Waals surface area contributed by atoms with Gasteiger partial charge in [-0.15, -0.1) is 11.3 Å². The van der Waals surface area contributed by atoms with Gasteiger partial charge < -0.3 is 10.1 Å². The second kappa shape index (κ2) is 6.20. The Morgan fingerprint density at radius 2 is 2.08 bits per heavy atom. The Bertz CT molecular complexity index is 881. The first kappa shape index (κ1) is 15.1. The first-order chi connectivity index (χ1) is 11.7. The Balaban J connectivity index is 1.36. The summed E-state index contributed by atoms with van der Waals surface area (Å²) in [5.74, 6) is 0.801. The van der Waals surface area contributed by atoms with Gasteiger partial charge in [-0.1, -0.05) is 18.2 Å². The average Bonchev–Trinajstić information content (AvgIpc) is 2.95. The molecule has 1 saturated carbocycles. The zero-order chi connectivity index (χ0) is 16.5. The lowest BCUT2D eigenvalue weighted by Crippen LogP contribution is -2.40. The fourth-order valence-electron chi connectivity index (χ4n) is 2.85. The minimum absolute atomic E-state index is 0.0119. The Morgan fingerprint density at radius 1 is 1.25 bits per heavy atom. The summed E-state index contributed by atoms with van der Waals surface area (Å²) in [5, 5.41) is 4.60. The fourth-order valence-corrected chi connectivity index (χ4v) is 3.51. The molecule has 0 spiro atoms. The minimum Gasteiger partial charge on any atom is -0.488 e. The number of amides is 1. The molecule has 0 radical (unpaired) electrons. The highest BCUT2D eigenvalue weighted by atomic mass is 32.1. The predicted molar refractivity (Wildman–Crippen MR) is 94.4 cm³/mol. The van der Waals surface area contributed by atoms with Gasteiger partial charge in [0.15, 0.2) is 5.13 Å². The van der Waals surface area contributed by atoms with E-state index in [2.05, 4.69) is 15.3 Å². The largest absolute Gasteiger partial charge is 0.488 e. The van der Waals surface area contributed by atoms with Crippen molar-refractivity contribution in [2.45, 2.75) is 25.9 Å². The van der Waals surface area contributed by atoms with Gasteiger partial charge in [0.25, 0.3) is 0 Å². The highest BCUT2D eigenvalue weighted by Gasteiger charge is 2.36. The van der Waals surface area contributed by atoms with E-state index in [1.807, 2.05) is 37.3 Å². The number of hydrogen-bond donors (Lipinski definition) is 1. The molecular formula is C18H17N3O2S. The molecule has 3 aromatic rings. The van der Waals surface area contributed by atoms with Crippen LogP contribution in [0.2, 0.25) is 0 Å². The SMILES string of the molecule is Cc1cnc(NC(=O)C2CC(Oc3cccc4cccnc34)C2)s1. The summed E-state index contributed by atoms with van der Waals surface area (Å²) in [4.78, 5) is 21.8. The molecule has 2 heterocycles. The second-order valence-corrected chi connectivity index (χ2v) is 7.24. The summed E-state index contributed by atoms with van der Waals surface area (Å²) in [7, 11) is 0. The molecule has 1 fully saturated rings. The summed E-state index contributed by atoms with van der Waals surface area (Å²) in [5.41, 5.74) is 0.867. The second-order valence-electron chi connectivity index (χ2n) is 6.00. The Labute approximate surface area is 143 Å². The molecule has 0 bridgehead atoms. The summed E-state index contributed by atoms with van der Waals surface area (Å²) in [6.45, 7) is 1.97. The number of nitrogens with one attached hydrogen (secondary N) is 1. The quantitative estimate of drug-likeness (QED) is 0.785. The molecule has 1 aromatic carbocycles. The molecule has 5 nitrogen and oxygen atoms in total. The Kier molecular flexibility index (Phi) is 3.90. The number of hydrogen-bond acceptors (Lipinski definition) is 5. The van der Waals surface area contributed by atoms with E-state index in [-0.39, 0.29) is 17.9 Å². The first-order valence-corrected chi connectivity index (χ1v) is 8.74. The van der Waals surface area contributed by atoms with Gasteiger partial charge in [0.1, 0.15) is 17.4 Å². The van der Waals surface area contributed by atoms with Crippen LogP contribution in [0.15, 0.2) is 42.7 Å². The fraction of sp³-hybridized carbons (Fsp3) is 0.278. The van der Waals surface area contributed by atoms with Crippen LogP contribution < -0.4 is 10.1 Å².